The minimum atomic E-state index is -5.19. The van der Waals surface area contributed by atoms with Gasteiger partial charge in [0.1, 0.15) is 29.6 Å². The van der Waals surface area contributed by atoms with Crippen molar-refractivity contribution in [3.63, 3.8) is 0 Å². The van der Waals surface area contributed by atoms with Crippen LogP contribution < -0.4 is 20.5 Å². The van der Waals surface area contributed by atoms with Gasteiger partial charge >= 0.3 is 12.1 Å². The molecule has 0 atom stereocenters. The number of hydrogen-bond acceptors (Lipinski definition) is 6. The van der Waals surface area contributed by atoms with E-state index in [4.69, 9.17) is 19.4 Å². The summed E-state index contributed by atoms with van der Waals surface area (Å²) in [6.07, 6.45) is -1.53. The minimum absolute atomic E-state index is 0.177. The molecule has 206 valence electrons. The number of aromatic nitrogens is 1. The van der Waals surface area contributed by atoms with Crippen molar-refractivity contribution in [3.8, 4) is 5.75 Å². The van der Waals surface area contributed by atoms with Crippen molar-refractivity contribution in [1.29, 1.82) is 0 Å². The number of rotatable bonds is 12. The van der Waals surface area contributed by atoms with Crippen LogP contribution in [-0.2, 0) is 22.5 Å². The van der Waals surface area contributed by atoms with E-state index in [9.17, 15) is 22.8 Å². The first-order chi connectivity index (χ1) is 17.5. The van der Waals surface area contributed by atoms with E-state index in [1.165, 1.54) is 0 Å². The van der Waals surface area contributed by atoms with Crippen LogP contribution in [0.25, 0.3) is 0 Å². The van der Waals surface area contributed by atoms with Crippen molar-refractivity contribution in [2.24, 2.45) is 0 Å². The Morgan fingerprint density at radius 1 is 1.08 bits per heavy atom. The highest BCUT2D eigenvalue weighted by Gasteiger charge is 2.29. The summed E-state index contributed by atoms with van der Waals surface area (Å²) in [4.78, 5) is 37.4. The maximum absolute atomic E-state index is 12.8. The Morgan fingerprint density at radius 3 is 2.19 bits per heavy atom. The van der Waals surface area contributed by atoms with Gasteiger partial charge < -0.3 is 35.0 Å². The van der Waals surface area contributed by atoms with Gasteiger partial charge in [0.05, 0.1) is 25.0 Å². The molecule has 0 saturated carbocycles. The molecule has 0 aliphatic heterocycles. The third-order valence-electron chi connectivity index (χ3n) is 5.20. The van der Waals surface area contributed by atoms with Gasteiger partial charge in [-0.15, -0.1) is 0 Å². The average molecular weight is 530 g/mol. The number of halogens is 3. The predicted molar refractivity (Wildman–Crippen MR) is 127 cm³/mol. The number of benzene rings is 1. The number of alkyl halides is 3. The predicted octanol–water partition coefficient (Wildman–Crippen LogP) is 2.38. The molecule has 0 spiro atoms. The number of aromatic amines is 1. The molecule has 1 aromatic carbocycles. The van der Waals surface area contributed by atoms with Crippen LogP contribution in [0.5, 0.6) is 5.75 Å². The molecule has 12 heteroatoms. The van der Waals surface area contributed by atoms with Gasteiger partial charge in [0.25, 0.3) is 5.91 Å². The molecule has 1 heterocycles. The number of hydrogen-bond donors (Lipinski definition) is 3. The summed E-state index contributed by atoms with van der Waals surface area (Å²) in [5.41, 5.74) is 3.33. The van der Waals surface area contributed by atoms with E-state index in [1.807, 2.05) is 36.5 Å². The molecular formula is C25H34F3N3O6. The lowest BCUT2D eigenvalue weighted by Gasteiger charge is -2.07. The molecule has 0 aliphatic carbocycles. The van der Waals surface area contributed by atoms with Gasteiger partial charge in [-0.25, -0.2) is 4.79 Å². The first-order valence-electron chi connectivity index (χ1n) is 11.9. The van der Waals surface area contributed by atoms with E-state index in [0.717, 1.165) is 30.7 Å². The molecule has 2 aromatic rings. The fourth-order valence-electron chi connectivity index (χ4n) is 3.37. The summed E-state index contributed by atoms with van der Waals surface area (Å²) in [5.74, 6) is -2.79. The zero-order valence-electron chi connectivity index (χ0n) is 21.4. The third-order valence-corrected chi connectivity index (χ3v) is 5.20. The Bertz CT molecular complexity index is 1020. The van der Waals surface area contributed by atoms with Crippen LogP contribution in [0.3, 0.4) is 0 Å². The van der Waals surface area contributed by atoms with E-state index < -0.39 is 18.1 Å². The molecule has 9 nitrogen and oxygen atoms in total. The topological polar surface area (TPSA) is 137 Å². The number of quaternary nitrogens is 1. The average Bonchev–Trinajstić information content (AvgIpc) is 3.24. The van der Waals surface area contributed by atoms with Gasteiger partial charge in [-0.05, 0) is 37.5 Å². The summed E-state index contributed by atoms with van der Waals surface area (Å²) in [6, 6.07) is 7.68. The Kier molecular flexibility index (Phi) is 13.2. The van der Waals surface area contributed by atoms with Crippen molar-refractivity contribution < 1.29 is 47.5 Å². The summed E-state index contributed by atoms with van der Waals surface area (Å²) in [7, 11) is 1.63. The third kappa shape index (κ3) is 10.2. The number of carbonyl (C=O) groups is 3. The number of carboxylic acids is 1. The highest BCUT2D eigenvalue weighted by atomic mass is 19.4. The van der Waals surface area contributed by atoms with Crippen molar-refractivity contribution in [2.45, 2.75) is 59.2 Å². The lowest BCUT2D eigenvalue weighted by molar-refractivity contribution is -0.589. The monoisotopic (exact) mass is 529 g/mol. The van der Waals surface area contributed by atoms with E-state index >= 15 is 0 Å². The first kappa shape index (κ1) is 31.5. The van der Waals surface area contributed by atoms with Crippen LogP contribution in [0, 0.1) is 0 Å². The molecule has 1 aromatic heterocycles. The van der Waals surface area contributed by atoms with Crippen LogP contribution in [0.15, 0.2) is 24.3 Å². The second-order valence-corrected chi connectivity index (χ2v) is 7.84. The fraction of sp³-hybridized carbons (Fsp3) is 0.480. The number of carbonyl (C=O) groups excluding carboxylic acids is 3. The number of H-pyrrole nitrogens is 1. The summed E-state index contributed by atoms with van der Waals surface area (Å²) < 4.78 is 42.0. The van der Waals surface area contributed by atoms with E-state index in [1.54, 1.807) is 14.0 Å². The minimum Gasteiger partial charge on any atom is -0.542 e. The molecule has 2 rings (SSSR count). The standard InChI is InChI=1S/C23H33N3O4.C2HF3O2/c1-5-8-9-14-24-22(27)21-18(6-2)20(23(28)30-7-3)19(26-21)15-25-16-10-12-17(29-4)13-11-16;3-2(4,5)1(6)7/h10-13,25-26H,5-9,14-15H2,1-4H3,(H,24,27);(H,6,7). The molecule has 0 radical (unpaired) electrons. The number of amides is 1. The van der Waals surface area contributed by atoms with E-state index in [-0.39, 0.29) is 12.5 Å². The van der Waals surface area contributed by atoms with Gasteiger partial charge in [0.15, 0.2) is 0 Å². The molecular weight excluding hydrogens is 495 g/mol. The SMILES string of the molecule is CCCCCNC(=O)c1[nH]c(C[NH2+]c2ccc(OC)cc2)c(C(=O)OCC)c1CC.O=C([O-])C(F)(F)F. The highest BCUT2D eigenvalue weighted by Crippen LogP contribution is 2.22. The molecule has 0 bridgehead atoms. The van der Waals surface area contributed by atoms with E-state index in [0.29, 0.717) is 42.0 Å². The molecule has 0 fully saturated rings. The maximum atomic E-state index is 12.8. The fourth-order valence-corrected chi connectivity index (χ4v) is 3.37. The van der Waals surface area contributed by atoms with Crippen LogP contribution in [0.1, 0.15) is 72.1 Å². The zero-order chi connectivity index (χ0) is 28.0. The van der Waals surface area contributed by atoms with Crippen LogP contribution >= 0.6 is 0 Å². The Labute approximate surface area is 213 Å². The van der Waals surface area contributed by atoms with Gasteiger partial charge in [0.2, 0.25) is 0 Å². The molecule has 4 N–H and O–H groups in total. The summed E-state index contributed by atoms with van der Waals surface area (Å²) in [5, 5.41) is 13.8. The number of esters is 1. The Balaban J connectivity index is 0.000000856. The second-order valence-electron chi connectivity index (χ2n) is 7.84. The highest BCUT2D eigenvalue weighted by molar-refractivity contribution is 6.00. The van der Waals surface area contributed by atoms with Crippen LogP contribution in [0.2, 0.25) is 0 Å². The smallest absolute Gasteiger partial charge is 0.430 e. The number of nitrogens with two attached hydrogens (primary N) is 1. The molecule has 0 aliphatic rings. The number of unbranched alkanes of at least 4 members (excludes halogenated alkanes) is 2. The van der Waals surface area contributed by atoms with Gasteiger partial charge in [-0.2, -0.15) is 13.2 Å². The number of ether oxygens (including phenoxy) is 2. The molecule has 0 unspecified atom stereocenters. The first-order valence-corrected chi connectivity index (χ1v) is 11.9. The number of nitrogens with one attached hydrogen (secondary N) is 2. The lowest BCUT2D eigenvalue weighted by atomic mass is 10.1. The van der Waals surface area contributed by atoms with Crippen LogP contribution in [-0.4, -0.2) is 49.3 Å². The van der Waals surface area contributed by atoms with Crippen LogP contribution in [0.4, 0.5) is 18.9 Å². The van der Waals surface area contributed by atoms with Gasteiger partial charge in [-0.3, -0.25) is 4.79 Å². The van der Waals surface area contributed by atoms with E-state index in [2.05, 4.69) is 17.2 Å². The van der Waals surface area contributed by atoms with Crippen molar-refractivity contribution in [1.82, 2.24) is 10.3 Å². The zero-order valence-corrected chi connectivity index (χ0v) is 21.4. The Morgan fingerprint density at radius 2 is 1.70 bits per heavy atom. The number of carboxylic acid groups (broad SMARTS) is 1. The Hall–Kier alpha value is -3.54. The van der Waals surface area contributed by atoms with Gasteiger partial charge in [-0.1, -0.05) is 26.7 Å². The quantitative estimate of drug-likeness (QED) is 0.219. The normalized spacial score (nSPS) is 10.8. The molecule has 37 heavy (non-hydrogen) atoms. The summed E-state index contributed by atoms with van der Waals surface area (Å²) in [6.45, 7) is 7.23. The molecule has 0 saturated heterocycles. The lowest BCUT2D eigenvalue weighted by Crippen LogP contribution is -2.76. The van der Waals surface area contributed by atoms with Crippen molar-refractivity contribution >= 4 is 23.5 Å². The second kappa shape index (κ2) is 15.5. The molecule has 1 amide bonds. The van der Waals surface area contributed by atoms with Gasteiger partial charge in [0, 0.05) is 18.7 Å². The van der Waals surface area contributed by atoms with Crippen molar-refractivity contribution in [2.75, 3.05) is 20.3 Å². The largest absolute Gasteiger partial charge is 0.542 e. The number of aliphatic carboxylic acids is 1. The van der Waals surface area contributed by atoms with Crippen molar-refractivity contribution in [3.05, 3.63) is 46.8 Å². The number of methoxy groups -OCH3 is 1. The summed E-state index contributed by atoms with van der Waals surface area (Å²) >= 11 is 0. The maximum Gasteiger partial charge on any atom is 0.430 e.